The van der Waals surface area contributed by atoms with Gasteiger partial charge < -0.3 is 4.90 Å². The second kappa shape index (κ2) is 8.33. The first kappa shape index (κ1) is 19.1. The van der Waals surface area contributed by atoms with Crippen molar-refractivity contribution >= 4 is 27.3 Å². The average molecular weight is 393 g/mol. The molecule has 0 bridgehead atoms. The molecule has 0 saturated carbocycles. The number of hydrogen-bond donors (Lipinski definition) is 0. The van der Waals surface area contributed by atoms with Gasteiger partial charge in [0.1, 0.15) is 4.21 Å². The van der Waals surface area contributed by atoms with Gasteiger partial charge in [0.05, 0.1) is 5.92 Å². The SMILES string of the molecule is CCN(Cc1ccccc1)C(=O)C1CCCN(S(=O)(=O)c2cccs2)C1. The lowest BCUT2D eigenvalue weighted by Crippen LogP contribution is -2.46. The summed E-state index contributed by atoms with van der Waals surface area (Å²) in [4.78, 5) is 14.8. The van der Waals surface area contributed by atoms with Crippen molar-refractivity contribution in [2.75, 3.05) is 19.6 Å². The number of thiophene rings is 1. The highest BCUT2D eigenvalue weighted by Crippen LogP contribution is 2.27. The van der Waals surface area contributed by atoms with E-state index in [4.69, 9.17) is 0 Å². The quantitative estimate of drug-likeness (QED) is 0.759. The number of carbonyl (C=O) groups is 1. The number of rotatable bonds is 6. The van der Waals surface area contributed by atoms with E-state index in [0.717, 1.165) is 12.0 Å². The van der Waals surface area contributed by atoms with E-state index < -0.39 is 10.0 Å². The Morgan fingerprint density at radius 2 is 2.00 bits per heavy atom. The highest BCUT2D eigenvalue weighted by Gasteiger charge is 2.35. The van der Waals surface area contributed by atoms with Crippen LogP contribution in [0.4, 0.5) is 0 Å². The molecule has 0 N–H and O–H groups in total. The topological polar surface area (TPSA) is 57.7 Å². The summed E-state index contributed by atoms with van der Waals surface area (Å²) in [5.74, 6) is -0.232. The Labute approximate surface area is 159 Å². The van der Waals surface area contributed by atoms with Gasteiger partial charge in [-0.25, -0.2) is 8.42 Å². The van der Waals surface area contributed by atoms with Crippen LogP contribution in [0.5, 0.6) is 0 Å². The third-order valence-corrected chi connectivity index (χ3v) is 7.97. The molecule has 5 nitrogen and oxygen atoms in total. The number of hydrogen-bond acceptors (Lipinski definition) is 4. The zero-order chi connectivity index (χ0) is 18.6. The summed E-state index contributed by atoms with van der Waals surface area (Å²) >= 11 is 1.22. The second-order valence-electron chi connectivity index (χ2n) is 6.47. The molecule has 1 aliphatic heterocycles. The van der Waals surface area contributed by atoms with Gasteiger partial charge in [-0.05, 0) is 36.8 Å². The van der Waals surface area contributed by atoms with E-state index in [1.807, 2.05) is 42.2 Å². The van der Waals surface area contributed by atoms with Crippen molar-refractivity contribution in [2.24, 2.45) is 5.92 Å². The van der Waals surface area contributed by atoms with Crippen LogP contribution in [-0.4, -0.2) is 43.2 Å². The van der Waals surface area contributed by atoms with Crippen LogP contribution in [0.1, 0.15) is 25.3 Å². The summed E-state index contributed by atoms with van der Waals surface area (Å²) in [6.07, 6.45) is 1.45. The molecular formula is C19H24N2O3S2. The summed E-state index contributed by atoms with van der Waals surface area (Å²) in [6, 6.07) is 13.2. The van der Waals surface area contributed by atoms with Crippen LogP contribution in [0, 0.1) is 5.92 Å². The first-order valence-electron chi connectivity index (χ1n) is 8.88. The van der Waals surface area contributed by atoms with E-state index in [1.165, 1.54) is 15.6 Å². The van der Waals surface area contributed by atoms with E-state index in [-0.39, 0.29) is 18.4 Å². The highest BCUT2D eigenvalue weighted by molar-refractivity contribution is 7.91. The van der Waals surface area contributed by atoms with Gasteiger partial charge in [0.15, 0.2) is 0 Å². The van der Waals surface area contributed by atoms with Gasteiger partial charge in [-0.2, -0.15) is 4.31 Å². The molecule has 140 valence electrons. The Morgan fingerprint density at radius 3 is 2.65 bits per heavy atom. The fourth-order valence-corrected chi connectivity index (χ4v) is 5.98. The molecule has 1 unspecified atom stereocenters. The van der Waals surface area contributed by atoms with Crippen LogP contribution in [-0.2, 0) is 21.4 Å². The summed E-state index contributed by atoms with van der Waals surface area (Å²) in [7, 11) is -3.50. The van der Waals surface area contributed by atoms with Crippen molar-refractivity contribution in [1.82, 2.24) is 9.21 Å². The number of carbonyl (C=O) groups excluding carboxylic acids is 1. The van der Waals surface area contributed by atoms with Crippen molar-refractivity contribution in [3.8, 4) is 0 Å². The molecule has 1 aliphatic rings. The minimum absolute atomic E-state index is 0.0439. The molecule has 7 heteroatoms. The molecule has 0 aliphatic carbocycles. The second-order valence-corrected chi connectivity index (χ2v) is 9.58. The monoisotopic (exact) mass is 392 g/mol. The molecule has 1 atom stereocenters. The number of sulfonamides is 1. The highest BCUT2D eigenvalue weighted by atomic mass is 32.2. The lowest BCUT2D eigenvalue weighted by molar-refractivity contribution is -0.137. The van der Waals surface area contributed by atoms with E-state index in [2.05, 4.69) is 0 Å². The first-order chi connectivity index (χ1) is 12.5. The van der Waals surface area contributed by atoms with Crippen LogP contribution >= 0.6 is 11.3 Å². The average Bonchev–Trinajstić information content (AvgIpc) is 3.22. The van der Waals surface area contributed by atoms with E-state index >= 15 is 0 Å². The molecule has 1 saturated heterocycles. The van der Waals surface area contributed by atoms with Crippen molar-refractivity contribution in [1.29, 1.82) is 0 Å². The van der Waals surface area contributed by atoms with Gasteiger partial charge >= 0.3 is 0 Å². The molecule has 0 radical (unpaired) electrons. The molecule has 3 rings (SSSR count). The molecule has 1 aromatic carbocycles. The van der Waals surface area contributed by atoms with Crippen LogP contribution in [0.3, 0.4) is 0 Å². The minimum atomic E-state index is -3.50. The maximum Gasteiger partial charge on any atom is 0.252 e. The molecule has 2 heterocycles. The third-order valence-electron chi connectivity index (χ3n) is 4.73. The van der Waals surface area contributed by atoms with Gasteiger partial charge in [-0.1, -0.05) is 36.4 Å². The van der Waals surface area contributed by atoms with Crippen LogP contribution in [0.15, 0.2) is 52.1 Å². The maximum atomic E-state index is 13.0. The largest absolute Gasteiger partial charge is 0.338 e. The summed E-state index contributed by atoms with van der Waals surface area (Å²) in [5, 5.41) is 1.76. The van der Waals surface area contributed by atoms with E-state index in [0.29, 0.717) is 30.3 Å². The molecular weight excluding hydrogens is 368 g/mol. The lowest BCUT2D eigenvalue weighted by Gasteiger charge is -2.34. The van der Waals surface area contributed by atoms with Crippen LogP contribution in [0.2, 0.25) is 0 Å². The van der Waals surface area contributed by atoms with Crippen LogP contribution in [0.25, 0.3) is 0 Å². The minimum Gasteiger partial charge on any atom is -0.338 e. The molecule has 26 heavy (non-hydrogen) atoms. The maximum absolute atomic E-state index is 13.0. The van der Waals surface area contributed by atoms with Crippen molar-refractivity contribution in [3.05, 3.63) is 53.4 Å². The molecule has 0 spiro atoms. The Kier molecular flexibility index (Phi) is 6.11. The molecule has 2 aromatic rings. The zero-order valence-electron chi connectivity index (χ0n) is 14.9. The number of nitrogens with zero attached hydrogens (tertiary/aromatic N) is 2. The third kappa shape index (κ3) is 4.16. The molecule has 1 fully saturated rings. The fourth-order valence-electron chi connectivity index (χ4n) is 3.31. The van der Waals surface area contributed by atoms with Gasteiger partial charge in [0.25, 0.3) is 10.0 Å². The number of benzene rings is 1. The van der Waals surface area contributed by atoms with Gasteiger partial charge in [-0.3, -0.25) is 4.79 Å². The van der Waals surface area contributed by atoms with Gasteiger partial charge in [0, 0.05) is 26.2 Å². The van der Waals surface area contributed by atoms with Gasteiger partial charge in [0.2, 0.25) is 5.91 Å². The van der Waals surface area contributed by atoms with Crippen molar-refractivity contribution < 1.29 is 13.2 Å². The Bertz CT molecular complexity index is 820. The van der Waals surface area contributed by atoms with Crippen LogP contribution < -0.4 is 0 Å². The fraction of sp³-hybridized carbons (Fsp3) is 0.421. The molecule has 1 amide bonds. The first-order valence-corrected chi connectivity index (χ1v) is 11.2. The Hall–Kier alpha value is -1.70. The van der Waals surface area contributed by atoms with E-state index in [1.54, 1.807) is 17.5 Å². The van der Waals surface area contributed by atoms with Gasteiger partial charge in [-0.15, -0.1) is 11.3 Å². The Balaban J connectivity index is 1.71. The summed E-state index contributed by atoms with van der Waals surface area (Å²) < 4.78 is 27.3. The number of amides is 1. The standard InChI is InChI=1S/C19H24N2O3S2/c1-2-20(14-16-8-4-3-5-9-16)19(22)17-10-6-12-21(15-17)26(23,24)18-11-7-13-25-18/h3-5,7-9,11,13,17H,2,6,10,12,14-15H2,1H3. The van der Waals surface area contributed by atoms with Crippen molar-refractivity contribution in [2.45, 2.75) is 30.5 Å². The van der Waals surface area contributed by atoms with Crippen molar-refractivity contribution in [3.63, 3.8) is 0 Å². The number of piperidine rings is 1. The zero-order valence-corrected chi connectivity index (χ0v) is 16.5. The molecule has 1 aromatic heterocycles. The lowest BCUT2D eigenvalue weighted by atomic mass is 9.98. The predicted octanol–water partition coefficient (Wildman–Crippen LogP) is 3.20. The predicted molar refractivity (Wildman–Crippen MR) is 103 cm³/mol. The summed E-state index contributed by atoms with van der Waals surface area (Å²) in [5.41, 5.74) is 1.08. The van der Waals surface area contributed by atoms with E-state index in [9.17, 15) is 13.2 Å². The normalized spacial score (nSPS) is 18.6. The Morgan fingerprint density at radius 1 is 1.23 bits per heavy atom. The summed E-state index contributed by atoms with van der Waals surface area (Å²) in [6.45, 7) is 3.88. The smallest absolute Gasteiger partial charge is 0.252 e.